The van der Waals surface area contributed by atoms with Crippen LogP contribution < -0.4 is 0 Å². The fraction of sp³-hybridized carbons (Fsp3) is 0.700. The average molecular weight is 200 g/mol. The molecule has 0 N–H and O–H groups in total. The quantitative estimate of drug-likeness (QED) is 0.509. The molecule has 0 saturated carbocycles. The van der Waals surface area contributed by atoms with Crippen LogP contribution in [0, 0.1) is 5.41 Å². The summed E-state index contributed by atoms with van der Waals surface area (Å²) in [6, 6.07) is 0. The Labute approximate surface area is 83.9 Å². The van der Waals surface area contributed by atoms with Crippen LogP contribution >= 0.6 is 0 Å². The van der Waals surface area contributed by atoms with Crippen molar-refractivity contribution >= 4 is 16.5 Å². The smallest absolute Gasteiger partial charge is 0.320 e. The van der Waals surface area contributed by atoms with Crippen molar-refractivity contribution in [2.75, 3.05) is 0 Å². The van der Waals surface area contributed by atoms with Crippen LogP contribution in [-0.4, -0.2) is 16.5 Å². The van der Waals surface area contributed by atoms with Gasteiger partial charge in [-0.1, -0.05) is 33.3 Å². The minimum atomic E-state index is -0.146. The van der Waals surface area contributed by atoms with E-state index in [1.807, 2.05) is 13.0 Å². The van der Waals surface area contributed by atoms with Crippen molar-refractivity contribution in [3.8, 4) is 0 Å². The third kappa shape index (κ3) is 3.34. The molecule has 2 nitrogen and oxygen atoms in total. The van der Waals surface area contributed by atoms with Crippen LogP contribution in [0.15, 0.2) is 11.6 Å². The fourth-order valence-corrected chi connectivity index (χ4v) is 1.87. The summed E-state index contributed by atoms with van der Waals surface area (Å²) in [5.74, 6) is -0.146. The van der Waals surface area contributed by atoms with Gasteiger partial charge >= 0.3 is 5.97 Å². The summed E-state index contributed by atoms with van der Waals surface area (Å²) < 4.78 is 4.87. The zero-order valence-electron chi connectivity index (χ0n) is 9.31. The normalized spacial score (nSPS) is 13.1. The van der Waals surface area contributed by atoms with Gasteiger partial charge < -0.3 is 4.43 Å². The molecular weight excluding hydrogens is 180 g/mol. The average Bonchev–Trinajstić information content (AvgIpc) is 2.04. The maximum atomic E-state index is 11.4. The Bertz CT molecular complexity index is 207. The Morgan fingerprint density at radius 1 is 1.54 bits per heavy atom. The van der Waals surface area contributed by atoms with E-state index >= 15 is 0 Å². The molecule has 0 radical (unpaired) electrons. The van der Waals surface area contributed by atoms with Crippen molar-refractivity contribution in [1.29, 1.82) is 0 Å². The van der Waals surface area contributed by atoms with E-state index in [9.17, 15) is 4.79 Å². The van der Waals surface area contributed by atoms with Crippen molar-refractivity contribution in [3.05, 3.63) is 11.6 Å². The Morgan fingerprint density at radius 2 is 2.08 bits per heavy atom. The zero-order chi connectivity index (χ0) is 10.5. The van der Waals surface area contributed by atoms with Crippen molar-refractivity contribution in [3.63, 3.8) is 0 Å². The minimum absolute atomic E-state index is 0.0506. The number of hydrogen-bond acceptors (Lipinski definition) is 2. The van der Waals surface area contributed by atoms with Gasteiger partial charge in [0.05, 0.1) is 0 Å². The molecule has 13 heavy (non-hydrogen) atoms. The van der Waals surface area contributed by atoms with Gasteiger partial charge in [-0.25, -0.2) is 4.79 Å². The summed E-state index contributed by atoms with van der Waals surface area (Å²) >= 11 is 0. The number of rotatable bonds is 4. The van der Waals surface area contributed by atoms with Gasteiger partial charge in [-0.15, -0.1) is 0 Å². The zero-order valence-corrected chi connectivity index (χ0v) is 11.3. The molecule has 0 fully saturated rings. The number of allylic oxidation sites excluding steroid dienone is 1. The first-order valence-corrected chi connectivity index (χ1v) is 5.56. The van der Waals surface area contributed by atoms with Gasteiger partial charge in [0.2, 0.25) is 10.5 Å². The first-order valence-electron chi connectivity index (χ1n) is 4.74. The fourth-order valence-electron chi connectivity index (χ4n) is 1.65. The lowest BCUT2D eigenvalue weighted by Crippen LogP contribution is -2.22. The highest BCUT2D eigenvalue weighted by molar-refractivity contribution is 6.09. The van der Waals surface area contributed by atoms with Gasteiger partial charge in [0.1, 0.15) is 0 Å². The SMILES string of the molecule is CC=C(C(=O)O[SiH3])C(C)(C)CCC. The van der Waals surface area contributed by atoms with Gasteiger partial charge in [0.15, 0.2) is 0 Å². The van der Waals surface area contributed by atoms with Gasteiger partial charge in [0, 0.05) is 5.57 Å². The highest BCUT2D eigenvalue weighted by Crippen LogP contribution is 2.32. The molecule has 0 aliphatic carbocycles. The van der Waals surface area contributed by atoms with Gasteiger partial charge in [-0.2, -0.15) is 0 Å². The van der Waals surface area contributed by atoms with E-state index in [4.69, 9.17) is 4.43 Å². The third-order valence-electron chi connectivity index (χ3n) is 2.30. The molecule has 0 spiro atoms. The summed E-state index contributed by atoms with van der Waals surface area (Å²) in [6.07, 6.45) is 3.97. The summed E-state index contributed by atoms with van der Waals surface area (Å²) in [4.78, 5) is 11.4. The molecule has 76 valence electrons. The van der Waals surface area contributed by atoms with Crippen molar-refractivity contribution in [2.45, 2.75) is 40.5 Å². The summed E-state index contributed by atoms with van der Waals surface area (Å²) in [5, 5.41) is 0. The maximum Gasteiger partial charge on any atom is 0.320 e. The highest BCUT2D eigenvalue weighted by atomic mass is 28.2. The van der Waals surface area contributed by atoms with Crippen molar-refractivity contribution in [1.82, 2.24) is 0 Å². The van der Waals surface area contributed by atoms with Gasteiger partial charge in [0.25, 0.3) is 0 Å². The van der Waals surface area contributed by atoms with Crippen molar-refractivity contribution in [2.24, 2.45) is 5.41 Å². The molecule has 0 rings (SSSR count). The number of hydrogen-bond donors (Lipinski definition) is 0. The molecule has 3 heteroatoms. The first kappa shape index (κ1) is 12.4. The van der Waals surface area contributed by atoms with Crippen LogP contribution in [0.4, 0.5) is 0 Å². The topological polar surface area (TPSA) is 26.3 Å². The van der Waals surface area contributed by atoms with Crippen LogP contribution in [0.5, 0.6) is 0 Å². The molecule has 0 unspecified atom stereocenters. The molecular formula is C10H20O2Si. The summed E-state index contributed by atoms with van der Waals surface area (Å²) in [7, 11) is 0.473. The molecule has 0 aromatic carbocycles. The monoisotopic (exact) mass is 200 g/mol. The van der Waals surface area contributed by atoms with E-state index in [-0.39, 0.29) is 11.4 Å². The molecule has 0 bridgehead atoms. The van der Waals surface area contributed by atoms with Crippen LogP contribution in [0.25, 0.3) is 0 Å². The molecule has 0 aliphatic rings. The standard InChI is InChI=1S/C10H20O2Si/c1-5-7-10(3,4)8(6-2)9(11)12-13/h6H,5,7H2,1-4,13H3. The van der Waals surface area contributed by atoms with Gasteiger partial charge in [-0.3, -0.25) is 0 Å². The summed E-state index contributed by atoms with van der Waals surface area (Å²) in [5.41, 5.74) is 0.759. The lowest BCUT2D eigenvalue weighted by atomic mass is 9.80. The van der Waals surface area contributed by atoms with E-state index in [0.29, 0.717) is 10.5 Å². The Morgan fingerprint density at radius 3 is 2.38 bits per heavy atom. The van der Waals surface area contributed by atoms with E-state index in [1.165, 1.54) is 0 Å². The Kier molecular flexibility index (Phi) is 4.99. The Hall–Kier alpha value is -0.573. The number of carbonyl (C=O) groups is 1. The van der Waals surface area contributed by atoms with E-state index in [0.717, 1.165) is 18.4 Å². The first-order chi connectivity index (χ1) is 5.99. The Balaban J connectivity index is 4.67. The minimum Gasteiger partial charge on any atom is -0.525 e. The van der Waals surface area contributed by atoms with Gasteiger partial charge in [-0.05, 0) is 18.8 Å². The lowest BCUT2D eigenvalue weighted by molar-refractivity contribution is -0.131. The van der Waals surface area contributed by atoms with E-state index in [1.54, 1.807) is 0 Å². The predicted octanol–water partition coefficient (Wildman–Crippen LogP) is 1.58. The second kappa shape index (κ2) is 5.22. The van der Waals surface area contributed by atoms with Crippen LogP contribution in [0.2, 0.25) is 0 Å². The molecule has 0 aliphatic heterocycles. The van der Waals surface area contributed by atoms with Crippen molar-refractivity contribution < 1.29 is 9.22 Å². The molecule has 0 saturated heterocycles. The predicted molar refractivity (Wildman–Crippen MR) is 58.5 cm³/mol. The van der Waals surface area contributed by atoms with Crippen LogP contribution in [-0.2, 0) is 9.22 Å². The highest BCUT2D eigenvalue weighted by Gasteiger charge is 2.27. The molecule has 0 amide bonds. The molecule has 0 heterocycles. The molecule has 0 atom stereocenters. The summed E-state index contributed by atoms with van der Waals surface area (Å²) in [6.45, 7) is 8.20. The number of carbonyl (C=O) groups excluding carboxylic acids is 1. The maximum absolute atomic E-state index is 11.4. The lowest BCUT2D eigenvalue weighted by Gasteiger charge is -2.25. The second-order valence-electron chi connectivity index (χ2n) is 3.83. The van der Waals surface area contributed by atoms with Crippen LogP contribution in [0.1, 0.15) is 40.5 Å². The van der Waals surface area contributed by atoms with Crippen LogP contribution in [0.3, 0.4) is 0 Å². The van der Waals surface area contributed by atoms with E-state index < -0.39 is 0 Å². The molecule has 0 aromatic rings. The second-order valence-corrected chi connectivity index (χ2v) is 4.24. The molecule has 0 aromatic heterocycles. The largest absolute Gasteiger partial charge is 0.525 e. The van der Waals surface area contributed by atoms with E-state index in [2.05, 4.69) is 20.8 Å². The third-order valence-corrected chi connectivity index (χ3v) is 2.67.